The third-order valence-electron chi connectivity index (χ3n) is 3.21. The molecule has 0 spiro atoms. The van der Waals surface area contributed by atoms with E-state index in [1.54, 1.807) is 12.3 Å². The molecule has 0 saturated carbocycles. The molecule has 1 amide bonds. The lowest BCUT2D eigenvalue weighted by Crippen LogP contribution is -2.26. The van der Waals surface area contributed by atoms with Gasteiger partial charge in [-0.3, -0.25) is 9.63 Å². The Morgan fingerprint density at radius 1 is 1.32 bits per heavy atom. The number of hydrogen-bond donors (Lipinski definition) is 3. The predicted octanol–water partition coefficient (Wildman–Crippen LogP) is 3.14. The first-order valence-corrected chi connectivity index (χ1v) is 8.05. The maximum atomic E-state index is 14.4. The third-order valence-corrected chi connectivity index (χ3v) is 3.82. The van der Waals surface area contributed by atoms with Crippen molar-refractivity contribution in [3.8, 4) is 0 Å². The average molecular weight is 416 g/mol. The molecule has 0 bridgehead atoms. The van der Waals surface area contributed by atoms with Crippen molar-refractivity contribution < 1.29 is 23.5 Å². The van der Waals surface area contributed by atoms with Gasteiger partial charge in [0.2, 0.25) is 0 Å². The number of aliphatic hydroxyl groups is 1. The summed E-state index contributed by atoms with van der Waals surface area (Å²) in [6.07, 6.45) is 1.54. The topological polar surface area (TPSA) is 83.5 Å². The fourth-order valence-electron chi connectivity index (χ4n) is 2.02. The van der Waals surface area contributed by atoms with Gasteiger partial charge in [-0.25, -0.2) is 19.2 Å². The SMILES string of the molecule is Cc1cnc(Nc2c(C(=O)NOCCO)cc(C)c(F)c2F)c(Br)c1. The number of hydrogen-bond acceptors (Lipinski definition) is 5. The van der Waals surface area contributed by atoms with E-state index in [0.29, 0.717) is 4.47 Å². The standard InChI is InChI=1S/C16H16BrF2N3O3/c1-8-5-11(17)15(20-7-8)21-14-10(16(24)22-25-4-3-23)6-9(2)12(18)13(14)19/h5-7,23H,3-4H2,1-2H3,(H,20,21)(H,22,24). The predicted molar refractivity (Wildman–Crippen MR) is 91.6 cm³/mol. The molecule has 0 saturated heterocycles. The highest BCUT2D eigenvalue weighted by molar-refractivity contribution is 9.10. The van der Waals surface area contributed by atoms with Gasteiger partial charge in [-0.1, -0.05) is 0 Å². The van der Waals surface area contributed by atoms with Crippen LogP contribution in [-0.2, 0) is 4.84 Å². The largest absolute Gasteiger partial charge is 0.394 e. The number of aliphatic hydroxyl groups excluding tert-OH is 1. The molecule has 6 nitrogen and oxygen atoms in total. The zero-order valence-corrected chi connectivity index (χ0v) is 15.1. The Morgan fingerprint density at radius 2 is 2.04 bits per heavy atom. The molecule has 1 aromatic carbocycles. The Balaban J connectivity index is 2.44. The number of halogens is 3. The molecule has 2 aromatic rings. The van der Waals surface area contributed by atoms with Crippen LogP contribution in [0.4, 0.5) is 20.3 Å². The van der Waals surface area contributed by atoms with Gasteiger partial charge in [0.25, 0.3) is 5.91 Å². The van der Waals surface area contributed by atoms with Gasteiger partial charge in [0.05, 0.1) is 28.9 Å². The number of rotatable bonds is 6. The highest BCUT2D eigenvalue weighted by Crippen LogP contribution is 2.31. The molecule has 0 radical (unpaired) electrons. The van der Waals surface area contributed by atoms with Crippen LogP contribution in [0.15, 0.2) is 22.8 Å². The van der Waals surface area contributed by atoms with Crippen molar-refractivity contribution in [2.75, 3.05) is 18.5 Å². The molecule has 0 unspecified atom stereocenters. The minimum atomic E-state index is -1.21. The molecule has 0 aliphatic carbocycles. The van der Waals surface area contributed by atoms with Crippen molar-refractivity contribution in [1.29, 1.82) is 0 Å². The summed E-state index contributed by atoms with van der Waals surface area (Å²) in [7, 11) is 0. The van der Waals surface area contributed by atoms with Gasteiger partial charge >= 0.3 is 0 Å². The second-order valence-electron chi connectivity index (χ2n) is 5.22. The first-order valence-electron chi connectivity index (χ1n) is 7.26. The molecule has 25 heavy (non-hydrogen) atoms. The van der Waals surface area contributed by atoms with E-state index in [1.807, 2.05) is 6.92 Å². The molecular formula is C16H16BrF2N3O3. The smallest absolute Gasteiger partial charge is 0.277 e. The summed E-state index contributed by atoms with van der Waals surface area (Å²) >= 11 is 3.28. The van der Waals surface area contributed by atoms with Crippen LogP contribution in [0.1, 0.15) is 21.5 Å². The van der Waals surface area contributed by atoms with Gasteiger partial charge in [-0.15, -0.1) is 0 Å². The van der Waals surface area contributed by atoms with Crippen LogP contribution in [0.5, 0.6) is 0 Å². The molecule has 0 atom stereocenters. The van der Waals surface area contributed by atoms with Crippen molar-refractivity contribution >= 4 is 33.3 Å². The highest BCUT2D eigenvalue weighted by Gasteiger charge is 2.22. The van der Waals surface area contributed by atoms with E-state index >= 15 is 0 Å². The van der Waals surface area contributed by atoms with Crippen molar-refractivity contribution in [3.63, 3.8) is 0 Å². The monoisotopic (exact) mass is 415 g/mol. The molecular weight excluding hydrogens is 400 g/mol. The lowest BCUT2D eigenvalue weighted by atomic mass is 10.1. The minimum absolute atomic E-state index is 0.0358. The summed E-state index contributed by atoms with van der Waals surface area (Å²) in [5, 5.41) is 11.3. The maximum Gasteiger partial charge on any atom is 0.277 e. The Hall–Kier alpha value is -2.10. The van der Waals surface area contributed by atoms with Crippen molar-refractivity contribution in [3.05, 3.63) is 51.1 Å². The number of benzene rings is 1. The van der Waals surface area contributed by atoms with Crippen LogP contribution >= 0.6 is 15.9 Å². The van der Waals surface area contributed by atoms with Crippen molar-refractivity contribution in [2.24, 2.45) is 0 Å². The summed E-state index contributed by atoms with van der Waals surface area (Å²) in [6, 6.07) is 2.93. The van der Waals surface area contributed by atoms with Crippen LogP contribution in [0.25, 0.3) is 0 Å². The molecule has 0 fully saturated rings. The minimum Gasteiger partial charge on any atom is -0.394 e. The number of hydroxylamine groups is 1. The number of carbonyl (C=O) groups is 1. The Labute approximate surface area is 151 Å². The van der Waals surface area contributed by atoms with E-state index in [9.17, 15) is 13.6 Å². The Morgan fingerprint density at radius 3 is 2.68 bits per heavy atom. The summed E-state index contributed by atoms with van der Waals surface area (Å²) in [4.78, 5) is 21.0. The third kappa shape index (κ3) is 4.50. The van der Waals surface area contributed by atoms with Gasteiger partial charge in [-0.2, -0.15) is 0 Å². The fraction of sp³-hybridized carbons (Fsp3) is 0.250. The molecule has 1 aromatic heterocycles. The molecule has 2 rings (SSSR count). The van der Waals surface area contributed by atoms with E-state index in [-0.39, 0.29) is 35.8 Å². The zero-order valence-electron chi connectivity index (χ0n) is 13.5. The highest BCUT2D eigenvalue weighted by atomic mass is 79.9. The lowest BCUT2D eigenvalue weighted by molar-refractivity contribution is 0.0168. The normalized spacial score (nSPS) is 10.6. The number of aryl methyl sites for hydroxylation is 2. The van der Waals surface area contributed by atoms with Gasteiger partial charge < -0.3 is 10.4 Å². The number of amides is 1. The lowest BCUT2D eigenvalue weighted by Gasteiger charge is -2.15. The number of nitrogens with one attached hydrogen (secondary N) is 2. The van der Waals surface area contributed by atoms with Crippen molar-refractivity contribution in [2.45, 2.75) is 13.8 Å². The van der Waals surface area contributed by atoms with Crippen LogP contribution in [-0.4, -0.2) is 29.2 Å². The molecule has 9 heteroatoms. The molecule has 134 valence electrons. The summed E-state index contributed by atoms with van der Waals surface area (Å²) in [6.45, 7) is 2.73. The van der Waals surface area contributed by atoms with Gasteiger partial charge in [0.1, 0.15) is 5.82 Å². The van der Waals surface area contributed by atoms with Gasteiger partial charge in [0, 0.05) is 6.20 Å². The Kier molecular flexibility index (Phi) is 6.40. The molecule has 3 N–H and O–H groups in total. The molecule has 1 heterocycles. The van der Waals surface area contributed by atoms with Crippen LogP contribution in [0.3, 0.4) is 0 Å². The summed E-state index contributed by atoms with van der Waals surface area (Å²) in [5.74, 6) is -2.85. The van der Waals surface area contributed by atoms with Gasteiger partial charge in [0.15, 0.2) is 11.6 Å². The number of pyridine rings is 1. The van der Waals surface area contributed by atoms with E-state index in [4.69, 9.17) is 9.94 Å². The van der Waals surface area contributed by atoms with E-state index in [2.05, 4.69) is 31.7 Å². The van der Waals surface area contributed by atoms with Crippen LogP contribution < -0.4 is 10.8 Å². The fourth-order valence-corrected chi connectivity index (χ4v) is 2.58. The second-order valence-corrected chi connectivity index (χ2v) is 6.07. The second kappa shape index (κ2) is 8.32. The first kappa shape index (κ1) is 19.2. The Bertz CT molecular complexity index is 803. The quantitative estimate of drug-likeness (QED) is 0.498. The first-order chi connectivity index (χ1) is 11.8. The summed E-state index contributed by atoms with van der Waals surface area (Å²) < 4.78 is 28.9. The van der Waals surface area contributed by atoms with Crippen LogP contribution in [0.2, 0.25) is 0 Å². The van der Waals surface area contributed by atoms with Crippen molar-refractivity contribution in [1.82, 2.24) is 10.5 Å². The van der Waals surface area contributed by atoms with Gasteiger partial charge in [-0.05, 0) is 53.0 Å². The maximum absolute atomic E-state index is 14.4. The zero-order chi connectivity index (χ0) is 18.6. The number of aromatic nitrogens is 1. The van der Waals surface area contributed by atoms with Crippen LogP contribution in [0, 0.1) is 25.5 Å². The number of anilines is 2. The van der Waals surface area contributed by atoms with E-state index < -0.39 is 17.5 Å². The van der Waals surface area contributed by atoms with E-state index in [0.717, 1.165) is 5.56 Å². The number of carbonyl (C=O) groups excluding carboxylic acids is 1. The molecule has 0 aliphatic rings. The van der Waals surface area contributed by atoms with E-state index in [1.165, 1.54) is 13.0 Å². The molecule has 0 aliphatic heterocycles. The summed E-state index contributed by atoms with van der Waals surface area (Å²) in [5.41, 5.74) is 2.36. The number of nitrogens with zero attached hydrogens (tertiary/aromatic N) is 1. The average Bonchev–Trinajstić information content (AvgIpc) is 2.57.